The van der Waals surface area contributed by atoms with E-state index >= 15 is 0 Å². The van der Waals surface area contributed by atoms with Gasteiger partial charge < -0.3 is 5.32 Å². The van der Waals surface area contributed by atoms with Crippen molar-refractivity contribution in [1.82, 2.24) is 24.8 Å². The van der Waals surface area contributed by atoms with Gasteiger partial charge in [-0.05, 0) is 43.3 Å². The van der Waals surface area contributed by atoms with Gasteiger partial charge in [0.1, 0.15) is 0 Å². The van der Waals surface area contributed by atoms with Crippen LogP contribution in [0.15, 0.2) is 60.7 Å². The van der Waals surface area contributed by atoms with E-state index in [0.717, 1.165) is 27.3 Å². The highest BCUT2D eigenvalue weighted by Gasteiger charge is 2.12. The highest BCUT2D eigenvalue weighted by molar-refractivity contribution is 7.20. The van der Waals surface area contributed by atoms with Gasteiger partial charge in [-0.2, -0.15) is 9.61 Å². The zero-order chi connectivity index (χ0) is 19.1. The van der Waals surface area contributed by atoms with Crippen LogP contribution >= 0.6 is 11.3 Å². The molecule has 0 bridgehead atoms. The summed E-state index contributed by atoms with van der Waals surface area (Å²) in [6.45, 7) is 1.86. The number of carbonyl (C=O) groups excluding carboxylic acids is 1. The van der Waals surface area contributed by atoms with E-state index in [0.29, 0.717) is 16.3 Å². The van der Waals surface area contributed by atoms with E-state index in [1.807, 2.05) is 67.6 Å². The molecular weight excluding hydrogens is 372 g/mol. The molecule has 3 aromatic heterocycles. The number of anilines is 1. The summed E-state index contributed by atoms with van der Waals surface area (Å²) in [6.07, 6.45) is 0. The Kier molecular flexibility index (Phi) is 3.84. The smallest absolute Gasteiger partial charge is 0.284 e. The number of rotatable bonds is 3. The maximum Gasteiger partial charge on any atom is 0.284 e. The van der Waals surface area contributed by atoms with Crippen molar-refractivity contribution in [3.05, 3.63) is 71.5 Å². The van der Waals surface area contributed by atoms with Crippen LogP contribution in [0.25, 0.3) is 27.1 Å². The van der Waals surface area contributed by atoms with Gasteiger partial charge in [0.2, 0.25) is 0 Å². The molecule has 1 N–H and O–H groups in total. The number of carbonyl (C=O) groups is 1. The molecule has 136 valence electrons. The Hall–Kier alpha value is -3.65. The van der Waals surface area contributed by atoms with Crippen molar-refractivity contribution in [3.8, 4) is 11.3 Å². The number of hydrogen-bond acceptors (Lipinski definition) is 6. The molecule has 28 heavy (non-hydrogen) atoms. The monoisotopic (exact) mass is 386 g/mol. The SMILES string of the molecule is Cc1nnc2ccc(-c3ccc(NC(=O)c4nc5ccccc5s4)cc3)nn12. The number of amides is 1. The van der Waals surface area contributed by atoms with Crippen molar-refractivity contribution in [2.24, 2.45) is 0 Å². The predicted octanol–water partition coefficient (Wildman–Crippen LogP) is 3.96. The summed E-state index contributed by atoms with van der Waals surface area (Å²) < 4.78 is 2.70. The molecule has 0 aliphatic rings. The van der Waals surface area contributed by atoms with Crippen molar-refractivity contribution in [2.75, 3.05) is 5.32 Å². The lowest BCUT2D eigenvalue weighted by Gasteiger charge is -2.05. The first-order chi connectivity index (χ1) is 13.7. The molecule has 0 atom stereocenters. The Morgan fingerprint density at radius 3 is 2.64 bits per heavy atom. The van der Waals surface area contributed by atoms with Crippen LogP contribution in [0, 0.1) is 6.92 Å². The number of aromatic nitrogens is 5. The topological polar surface area (TPSA) is 85.1 Å². The van der Waals surface area contributed by atoms with E-state index in [4.69, 9.17) is 0 Å². The fraction of sp³-hybridized carbons (Fsp3) is 0.0500. The molecule has 3 heterocycles. The molecule has 7 nitrogen and oxygen atoms in total. The third-order valence-electron chi connectivity index (χ3n) is 4.35. The van der Waals surface area contributed by atoms with Gasteiger partial charge in [0, 0.05) is 11.3 Å². The summed E-state index contributed by atoms with van der Waals surface area (Å²) in [5, 5.41) is 16.0. The van der Waals surface area contributed by atoms with E-state index in [9.17, 15) is 4.79 Å². The van der Waals surface area contributed by atoms with Crippen LogP contribution < -0.4 is 5.32 Å². The molecule has 0 fully saturated rings. The number of nitrogens with zero attached hydrogens (tertiary/aromatic N) is 5. The fourth-order valence-electron chi connectivity index (χ4n) is 2.93. The van der Waals surface area contributed by atoms with Gasteiger partial charge in [0.25, 0.3) is 5.91 Å². The Morgan fingerprint density at radius 1 is 1.00 bits per heavy atom. The average molecular weight is 386 g/mol. The quantitative estimate of drug-likeness (QED) is 0.507. The summed E-state index contributed by atoms with van der Waals surface area (Å²) in [7, 11) is 0. The number of hydrogen-bond donors (Lipinski definition) is 1. The largest absolute Gasteiger partial charge is 0.320 e. The van der Waals surface area contributed by atoms with Crippen LogP contribution in [0.1, 0.15) is 15.6 Å². The zero-order valence-corrected chi connectivity index (χ0v) is 15.6. The molecule has 0 radical (unpaired) electrons. The van der Waals surface area contributed by atoms with Crippen molar-refractivity contribution in [1.29, 1.82) is 0 Å². The lowest BCUT2D eigenvalue weighted by molar-refractivity contribution is 0.102. The fourth-order valence-corrected chi connectivity index (χ4v) is 3.79. The number of aryl methyl sites for hydroxylation is 1. The lowest BCUT2D eigenvalue weighted by Crippen LogP contribution is -2.11. The molecule has 2 aromatic carbocycles. The molecule has 0 aliphatic heterocycles. The van der Waals surface area contributed by atoms with Gasteiger partial charge in [-0.1, -0.05) is 24.3 Å². The molecule has 0 aliphatic carbocycles. The van der Waals surface area contributed by atoms with Crippen LogP contribution in [0.3, 0.4) is 0 Å². The number of thiazole rings is 1. The van der Waals surface area contributed by atoms with Crippen LogP contribution in [-0.2, 0) is 0 Å². The minimum atomic E-state index is -0.214. The van der Waals surface area contributed by atoms with Crippen LogP contribution in [0.5, 0.6) is 0 Å². The number of benzene rings is 2. The Morgan fingerprint density at radius 2 is 1.82 bits per heavy atom. The maximum absolute atomic E-state index is 12.5. The van der Waals surface area contributed by atoms with Gasteiger partial charge in [0.05, 0.1) is 15.9 Å². The van der Waals surface area contributed by atoms with Gasteiger partial charge in [0.15, 0.2) is 16.5 Å². The summed E-state index contributed by atoms with van der Waals surface area (Å²) in [4.78, 5) is 16.9. The molecule has 5 rings (SSSR count). The molecule has 0 saturated heterocycles. The van der Waals surface area contributed by atoms with E-state index in [1.54, 1.807) is 4.52 Å². The predicted molar refractivity (Wildman–Crippen MR) is 109 cm³/mol. The number of fused-ring (bicyclic) bond motifs is 2. The maximum atomic E-state index is 12.5. The summed E-state index contributed by atoms with van der Waals surface area (Å²) in [5.41, 5.74) is 3.99. The Bertz CT molecular complexity index is 1290. The van der Waals surface area contributed by atoms with Crippen LogP contribution in [0.4, 0.5) is 5.69 Å². The first-order valence-corrected chi connectivity index (χ1v) is 9.45. The molecule has 8 heteroatoms. The minimum absolute atomic E-state index is 0.214. The lowest BCUT2D eigenvalue weighted by atomic mass is 10.1. The normalized spacial score (nSPS) is 11.2. The average Bonchev–Trinajstić information content (AvgIpc) is 3.32. The van der Waals surface area contributed by atoms with Crippen LogP contribution in [-0.4, -0.2) is 30.7 Å². The Balaban J connectivity index is 1.38. The van der Waals surface area contributed by atoms with Crippen molar-refractivity contribution in [3.63, 3.8) is 0 Å². The number of nitrogens with one attached hydrogen (secondary N) is 1. The number of para-hydroxylation sites is 1. The molecule has 1 amide bonds. The standard InChI is InChI=1S/C20H14N6OS/c1-12-23-24-18-11-10-15(25-26(12)18)13-6-8-14(9-7-13)21-19(27)20-22-16-4-2-3-5-17(16)28-20/h2-11H,1H3,(H,21,27). The second-order valence-electron chi connectivity index (χ2n) is 6.25. The first kappa shape index (κ1) is 16.5. The Labute approximate surface area is 163 Å². The highest BCUT2D eigenvalue weighted by atomic mass is 32.1. The molecule has 0 spiro atoms. The summed E-state index contributed by atoms with van der Waals surface area (Å²) in [5.74, 6) is 0.519. The third-order valence-corrected chi connectivity index (χ3v) is 5.38. The van der Waals surface area contributed by atoms with E-state index < -0.39 is 0 Å². The second kappa shape index (κ2) is 6.50. The molecule has 0 unspecified atom stereocenters. The van der Waals surface area contributed by atoms with Crippen molar-refractivity contribution < 1.29 is 4.79 Å². The second-order valence-corrected chi connectivity index (χ2v) is 7.28. The van der Waals surface area contributed by atoms with E-state index in [1.165, 1.54) is 11.3 Å². The van der Waals surface area contributed by atoms with Crippen molar-refractivity contribution in [2.45, 2.75) is 6.92 Å². The van der Waals surface area contributed by atoms with E-state index in [-0.39, 0.29) is 5.91 Å². The van der Waals surface area contributed by atoms with Gasteiger partial charge in [-0.25, -0.2) is 4.98 Å². The van der Waals surface area contributed by atoms with Crippen LogP contribution in [0.2, 0.25) is 0 Å². The highest BCUT2D eigenvalue weighted by Crippen LogP contribution is 2.24. The summed E-state index contributed by atoms with van der Waals surface area (Å²) >= 11 is 1.38. The zero-order valence-electron chi connectivity index (χ0n) is 14.8. The third kappa shape index (κ3) is 2.89. The minimum Gasteiger partial charge on any atom is -0.320 e. The van der Waals surface area contributed by atoms with Crippen molar-refractivity contribution >= 4 is 38.8 Å². The summed E-state index contributed by atoms with van der Waals surface area (Å²) in [6, 6.07) is 19.0. The van der Waals surface area contributed by atoms with Gasteiger partial charge in [-0.3, -0.25) is 4.79 Å². The van der Waals surface area contributed by atoms with Gasteiger partial charge >= 0.3 is 0 Å². The molecule has 5 aromatic rings. The first-order valence-electron chi connectivity index (χ1n) is 8.64. The van der Waals surface area contributed by atoms with Gasteiger partial charge in [-0.15, -0.1) is 21.5 Å². The molecule has 0 saturated carbocycles. The molecular formula is C20H14N6OS. The van der Waals surface area contributed by atoms with E-state index in [2.05, 4.69) is 25.6 Å².